The van der Waals surface area contributed by atoms with Crippen molar-refractivity contribution < 1.29 is 9.21 Å². The summed E-state index contributed by atoms with van der Waals surface area (Å²) in [4.78, 5) is 11.3. The molecular weight excluding hydrogens is 222 g/mol. The second-order valence-corrected chi connectivity index (χ2v) is 3.17. The van der Waals surface area contributed by atoms with E-state index in [-0.39, 0.29) is 5.91 Å². The first-order valence-corrected chi connectivity index (χ1v) is 4.76. The van der Waals surface area contributed by atoms with E-state index in [1.54, 1.807) is 6.07 Å². The summed E-state index contributed by atoms with van der Waals surface area (Å²) in [6.07, 6.45) is 1.51. The van der Waals surface area contributed by atoms with Crippen LogP contribution < -0.4 is 5.32 Å². The lowest BCUT2D eigenvalue weighted by molar-refractivity contribution is 0.0928. The Balaban J connectivity index is 2.59. The molecule has 0 aromatic carbocycles. The maximum absolute atomic E-state index is 11.3. The zero-order valence-corrected chi connectivity index (χ0v) is 8.35. The van der Waals surface area contributed by atoms with E-state index < -0.39 is 0 Å². The molecule has 0 fully saturated rings. The number of hydrogen-bond acceptors (Lipinski definition) is 2. The molecule has 0 saturated heterocycles. The van der Waals surface area contributed by atoms with E-state index in [0.29, 0.717) is 12.3 Å². The SMILES string of the molecule is Cc1ccoc1C(=O)NCCBr. The maximum atomic E-state index is 11.3. The van der Waals surface area contributed by atoms with Gasteiger partial charge in [-0.3, -0.25) is 4.79 Å². The quantitative estimate of drug-likeness (QED) is 0.806. The maximum Gasteiger partial charge on any atom is 0.287 e. The molecule has 4 heteroatoms. The van der Waals surface area contributed by atoms with Gasteiger partial charge in [0.1, 0.15) is 0 Å². The molecule has 0 aliphatic rings. The van der Waals surface area contributed by atoms with Crippen molar-refractivity contribution in [2.45, 2.75) is 6.92 Å². The third-order valence-corrected chi connectivity index (χ3v) is 1.84. The third kappa shape index (κ3) is 2.11. The Labute approximate surface area is 79.3 Å². The molecule has 0 atom stereocenters. The molecule has 1 rings (SSSR count). The first-order valence-electron chi connectivity index (χ1n) is 3.64. The summed E-state index contributed by atoms with van der Waals surface area (Å²) in [5.74, 6) is 0.243. The number of alkyl halides is 1. The fourth-order valence-corrected chi connectivity index (χ4v) is 1.04. The minimum atomic E-state index is -0.156. The van der Waals surface area contributed by atoms with Crippen molar-refractivity contribution in [1.29, 1.82) is 0 Å². The van der Waals surface area contributed by atoms with Gasteiger partial charge in [-0.15, -0.1) is 0 Å². The van der Waals surface area contributed by atoms with Gasteiger partial charge >= 0.3 is 0 Å². The van der Waals surface area contributed by atoms with E-state index in [1.807, 2.05) is 6.92 Å². The molecular formula is C8H10BrNO2. The van der Waals surface area contributed by atoms with E-state index in [2.05, 4.69) is 21.2 Å². The number of rotatable bonds is 3. The van der Waals surface area contributed by atoms with E-state index in [1.165, 1.54) is 6.26 Å². The summed E-state index contributed by atoms with van der Waals surface area (Å²) in [7, 11) is 0. The summed E-state index contributed by atoms with van der Waals surface area (Å²) in [6, 6.07) is 1.77. The zero-order chi connectivity index (χ0) is 8.97. The molecule has 66 valence electrons. The standard InChI is InChI=1S/C8H10BrNO2/c1-6-2-5-12-7(6)8(11)10-4-3-9/h2,5H,3-4H2,1H3,(H,10,11). The van der Waals surface area contributed by atoms with Gasteiger partial charge in [-0.25, -0.2) is 0 Å². The van der Waals surface area contributed by atoms with Crippen LogP contribution in [0.4, 0.5) is 0 Å². The van der Waals surface area contributed by atoms with Gasteiger partial charge in [-0.1, -0.05) is 15.9 Å². The van der Waals surface area contributed by atoms with Crippen molar-refractivity contribution in [2.24, 2.45) is 0 Å². The van der Waals surface area contributed by atoms with E-state index in [4.69, 9.17) is 4.42 Å². The highest BCUT2D eigenvalue weighted by Gasteiger charge is 2.10. The Morgan fingerprint density at radius 3 is 3.00 bits per heavy atom. The fraction of sp³-hybridized carbons (Fsp3) is 0.375. The van der Waals surface area contributed by atoms with Gasteiger partial charge in [-0.2, -0.15) is 0 Å². The second-order valence-electron chi connectivity index (χ2n) is 2.38. The number of carbonyl (C=O) groups excluding carboxylic acids is 1. The highest BCUT2D eigenvalue weighted by atomic mass is 79.9. The van der Waals surface area contributed by atoms with Crippen molar-refractivity contribution in [3.05, 3.63) is 23.7 Å². The second kappa shape index (κ2) is 4.30. The lowest BCUT2D eigenvalue weighted by Gasteiger charge is -1.99. The van der Waals surface area contributed by atoms with Gasteiger partial charge < -0.3 is 9.73 Å². The largest absolute Gasteiger partial charge is 0.459 e. The molecule has 0 aliphatic carbocycles. The van der Waals surface area contributed by atoms with Gasteiger partial charge in [0.05, 0.1) is 6.26 Å². The first-order chi connectivity index (χ1) is 5.75. The topological polar surface area (TPSA) is 42.2 Å². The summed E-state index contributed by atoms with van der Waals surface area (Å²) < 4.78 is 5.00. The normalized spacial score (nSPS) is 9.83. The molecule has 1 aromatic rings. The van der Waals surface area contributed by atoms with Crippen LogP contribution in [-0.2, 0) is 0 Å². The predicted molar refractivity (Wildman–Crippen MR) is 49.6 cm³/mol. The molecule has 3 nitrogen and oxygen atoms in total. The number of carbonyl (C=O) groups is 1. The Morgan fingerprint density at radius 1 is 1.75 bits per heavy atom. The van der Waals surface area contributed by atoms with Crippen molar-refractivity contribution in [3.8, 4) is 0 Å². The van der Waals surface area contributed by atoms with Crippen LogP contribution in [0.1, 0.15) is 16.1 Å². The first kappa shape index (κ1) is 9.32. The number of amides is 1. The Morgan fingerprint density at radius 2 is 2.50 bits per heavy atom. The highest BCUT2D eigenvalue weighted by Crippen LogP contribution is 2.07. The van der Waals surface area contributed by atoms with E-state index in [9.17, 15) is 4.79 Å². The summed E-state index contributed by atoms with van der Waals surface area (Å²) in [5.41, 5.74) is 0.863. The predicted octanol–water partition coefficient (Wildman–Crippen LogP) is 1.71. The molecule has 12 heavy (non-hydrogen) atoms. The number of hydrogen-bond donors (Lipinski definition) is 1. The zero-order valence-electron chi connectivity index (χ0n) is 6.76. The molecule has 1 aromatic heterocycles. The van der Waals surface area contributed by atoms with Crippen molar-refractivity contribution in [3.63, 3.8) is 0 Å². The van der Waals surface area contributed by atoms with Crippen molar-refractivity contribution in [1.82, 2.24) is 5.32 Å². The average molecular weight is 232 g/mol. The summed E-state index contributed by atoms with van der Waals surface area (Å²) >= 11 is 3.21. The van der Waals surface area contributed by atoms with E-state index >= 15 is 0 Å². The number of nitrogens with one attached hydrogen (secondary N) is 1. The lowest BCUT2D eigenvalue weighted by atomic mass is 10.3. The van der Waals surface area contributed by atoms with Gasteiger partial charge in [0.2, 0.25) is 0 Å². The third-order valence-electron chi connectivity index (χ3n) is 1.45. The summed E-state index contributed by atoms with van der Waals surface area (Å²) in [5, 5.41) is 3.44. The van der Waals surface area contributed by atoms with Crippen LogP contribution in [0.15, 0.2) is 16.7 Å². The molecule has 0 unspecified atom stereocenters. The average Bonchev–Trinajstić information content (AvgIpc) is 2.47. The molecule has 1 heterocycles. The molecule has 1 amide bonds. The minimum Gasteiger partial charge on any atom is -0.459 e. The van der Waals surface area contributed by atoms with Gasteiger partial charge in [0.15, 0.2) is 5.76 Å². The summed E-state index contributed by atoms with van der Waals surface area (Å²) in [6.45, 7) is 2.45. The smallest absolute Gasteiger partial charge is 0.287 e. The van der Waals surface area contributed by atoms with E-state index in [0.717, 1.165) is 10.9 Å². The molecule has 0 radical (unpaired) electrons. The molecule has 0 bridgehead atoms. The van der Waals surface area contributed by atoms with Crippen LogP contribution in [0.2, 0.25) is 0 Å². The van der Waals surface area contributed by atoms with Crippen LogP contribution in [-0.4, -0.2) is 17.8 Å². The lowest BCUT2D eigenvalue weighted by Crippen LogP contribution is -2.25. The Hall–Kier alpha value is -0.770. The van der Waals surface area contributed by atoms with Crippen molar-refractivity contribution in [2.75, 3.05) is 11.9 Å². The molecule has 0 aliphatic heterocycles. The highest BCUT2D eigenvalue weighted by molar-refractivity contribution is 9.09. The fourth-order valence-electron chi connectivity index (χ4n) is 0.846. The van der Waals surface area contributed by atoms with Gasteiger partial charge in [0.25, 0.3) is 5.91 Å². The van der Waals surface area contributed by atoms with Crippen LogP contribution >= 0.6 is 15.9 Å². The molecule has 0 spiro atoms. The molecule has 0 saturated carbocycles. The van der Waals surface area contributed by atoms with Crippen LogP contribution in [0, 0.1) is 6.92 Å². The Kier molecular flexibility index (Phi) is 3.34. The number of halogens is 1. The monoisotopic (exact) mass is 231 g/mol. The van der Waals surface area contributed by atoms with Gasteiger partial charge in [-0.05, 0) is 13.0 Å². The number of furan rings is 1. The van der Waals surface area contributed by atoms with Crippen LogP contribution in [0.3, 0.4) is 0 Å². The minimum absolute atomic E-state index is 0.156. The van der Waals surface area contributed by atoms with Crippen molar-refractivity contribution >= 4 is 21.8 Å². The van der Waals surface area contributed by atoms with Gasteiger partial charge in [0, 0.05) is 17.4 Å². The van der Waals surface area contributed by atoms with Crippen LogP contribution in [0.25, 0.3) is 0 Å². The Bertz CT molecular complexity index is 270. The van der Waals surface area contributed by atoms with Crippen LogP contribution in [0.5, 0.6) is 0 Å². The number of aryl methyl sites for hydroxylation is 1. The molecule has 1 N–H and O–H groups in total.